The van der Waals surface area contributed by atoms with E-state index in [1.807, 2.05) is 36.0 Å². The molecule has 0 radical (unpaired) electrons. The molecular formula is C18H25ClN4S. The predicted molar refractivity (Wildman–Crippen MR) is 102 cm³/mol. The molecule has 1 unspecified atom stereocenters. The zero-order chi connectivity index (χ0) is 16.9. The Kier molecular flexibility index (Phi) is 6.19. The maximum Gasteiger partial charge on any atom is 0.191 e. The Labute approximate surface area is 153 Å². The van der Waals surface area contributed by atoms with Crippen LogP contribution >= 0.6 is 23.4 Å². The zero-order valence-electron chi connectivity index (χ0n) is 14.4. The molecule has 4 nitrogen and oxygen atoms in total. The highest BCUT2D eigenvalue weighted by Gasteiger charge is 2.19. The van der Waals surface area contributed by atoms with Crippen LogP contribution in [0, 0.1) is 0 Å². The first-order valence-electron chi connectivity index (χ1n) is 8.71. The van der Waals surface area contributed by atoms with Gasteiger partial charge < -0.3 is 9.47 Å². The van der Waals surface area contributed by atoms with Crippen molar-refractivity contribution >= 4 is 23.4 Å². The van der Waals surface area contributed by atoms with E-state index in [-0.39, 0.29) is 0 Å². The van der Waals surface area contributed by atoms with Crippen LogP contribution in [0.4, 0.5) is 0 Å². The predicted octanol–water partition coefficient (Wildman–Crippen LogP) is 4.58. The molecule has 1 aromatic heterocycles. The fourth-order valence-electron chi connectivity index (χ4n) is 3.29. The van der Waals surface area contributed by atoms with Gasteiger partial charge in [-0.05, 0) is 64.0 Å². The Morgan fingerprint density at radius 3 is 2.71 bits per heavy atom. The molecule has 1 aliphatic rings. The van der Waals surface area contributed by atoms with Gasteiger partial charge in [-0.15, -0.1) is 10.2 Å². The molecule has 24 heavy (non-hydrogen) atoms. The first kappa shape index (κ1) is 17.8. The molecule has 6 heteroatoms. The van der Waals surface area contributed by atoms with Crippen molar-refractivity contribution in [2.24, 2.45) is 0 Å². The molecule has 0 bridgehead atoms. The van der Waals surface area contributed by atoms with Crippen LogP contribution in [0.3, 0.4) is 0 Å². The first-order chi connectivity index (χ1) is 11.7. The van der Waals surface area contributed by atoms with Crippen LogP contribution < -0.4 is 0 Å². The van der Waals surface area contributed by atoms with E-state index in [1.54, 1.807) is 0 Å². The lowest BCUT2D eigenvalue weighted by atomic mass is 10.0. The minimum absolute atomic E-state index is 0.722. The normalized spacial score (nSPS) is 18.9. The highest BCUT2D eigenvalue weighted by atomic mass is 35.5. The molecule has 1 aromatic carbocycles. The average molecular weight is 365 g/mol. The van der Waals surface area contributed by atoms with Crippen LogP contribution in [-0.4, -0.2) is 45.1 Å². The maximum atomic E-state index is 5.98. The molecule has 2 aromatic rings. The number of hydrogen-bond donors (Lipinski definition) is 0. The van der Waals surface area contributed by atoms with Crippen molar-refractivity contribution in [2.45, 2.75) is 50.4 Å². The lowest BCUT2D eigenvalue weighted by molar-refractivity contribution is 0.182. The van der Waals surface area contributed by atoms with Gasteiger partial charge in [-0.25, -0.2) is 0 Å². The lowest BCUT2D eigenvalue weighted by Gasteiger charge is -2.32. The number of rotatable bonds is 6. The first-order valence-corrected chi connectivity index (χ1v) is 10.1. The molecule has 0 N–H and O–H groups in total. The molecule has 2 heterocycles. The minimum Gasteiger partial charge on any atom is -0.303 e. The number of aromatic nitrogens is 3. The third-order valence-corrected chi connectivity index (χ3v) is 5.99. The van der Waals surface area contributed by atoms with Crippen LogP contribution in [0.1, 0.15) is 32.6 Å². The molecule has 0 spiro atoms. The standard InChI is InChI=1S/C18H25ClN4S/c1-3-23-17(14-7-9-15(19)10-8-14)20-21-18(23)24-13-11-16-6-4-5-12-22(16)2/h7-10,16H,3-6,11-13H2,1-2H3. The van der Waals surface area contributed by atoms with E-state index < -0.39 is 0 Å². The van der Waals surface area contributed by atoms with Crippen LogP contribution in [-0.2, 0) is 6.54 Å². The van der Waals surface area contributed by atoms with Crippen molar-refractivity contribution < 1.29 is 0 Å². The van der Waals surface area contributed by atoms with Crippen molar-refractivity contribution in [3.63, 3.8) is 0 Å². The molecule has 1 fully saturated rings. The smallest absolute Gasteiger partial charge is 0.191 e. The third-order valence-electron chi connectivity index (χ3n) is 4.74. The topological polar surface area (TPSA) is 34.0 Å². The van der Waals surface area contributed by atoms with E-state index in [4.69, 9.17) is 11.6 Å². The SMILES string of the molecule is CCn1c(SCCC2CCCCN2C)nnc1-c1ccc(Cl)cc1. The number of hydrogen-bond acceptors (Lipinski definition) is 4. The monoisotopic (exact) mass is 364 g/mol. The number of benzene rings is 1. The van der Waals surface area contributed by atoms with Gasteiger partial charge in [-0.3, -0.25) is 0 Å². The number of piperidine rings is 1. The van der Waals surface area contributed by atoms with Gasteiger partial charge in [0.05, 0.1) is 0 Å². The van der Waals surface area contributed by atoms with Gasteiger partial charge in [-0.1, -0.05) is 29.8 Å². The summed E-state index contributed by atoms with van der Waals surface area (Å²) in [4.78, 5) is 2.51. The highest BCUT2D eigenvalue weighted by molar-refractivity contribution is 7.99. The summed E-state index contributed by atoms with van der Waals surface area (Å²) < 4.78 is 2.19. The van der Waals surface area contributed by atoms with E-state index in [2.05, 4.69) is 33.6 Å². The van der Waals surface area contributed by atoms with Crippen molar-refractivity contribution in [2.75, 3.05) is 19.3 Å². The summed E-state index contributed by atoms with van der Waals surface area (Å²) in [5.41, 5.74) is 1.06. The van der Waals surface area contributed by atoms with E-state index in [1.165, 1.54) is 32.2 Å². The summed E-state index contributed by atoms with van der Waals surface area (Å²) >= 11 is 7.80. The Hall–Kier alpha value is -1.04. The van der Waals surface area contributed by atoms with E-state index in [9.17, 15) is 0 Å². The van der Waals surface area contributed by atoms with Gasteiger partial charge >= 0.3 is 0 Å². The van der Waals surface area contributed by atoms with E-state index in [0.717, 1.165) is 39.9 Å². The molecule has 3 rings (SSSR count). The molecular weight excluding hydrogens is 340 g/mol. The highest BCUT2D eigenvalue weighted by Crippen LogP contribution is 2.27. The van der Waals surface area contributed by atoms with Gasteiger partial charge in [0.1, 0.15) is 0 Å². The van der Waals surface area contributed by atoms with Gasteiger partial charge in [0.2, 0.25) is 0 Å². The van der Waals surface area contributed by atoms with Crippen LogP contribution in [0.15, 0.2) is 29.4 Å². The second kappa shape index (κ2) is 8.37. The molecule has 0 aliphatic carbocycles. The number of halogens is 1. The number of likely N-dealkylation sites (tertiary alicyclic amines) is 1. The number of thioether (sulfide) groups is 1. The van der Waals surface area contributed by atoms with Crippen LogP contribution in [0.2, 0.25) is 5.02 Å². The quantitative estimate of drug-likeness (QED) is 0.702. The Balaban J connectivity index is 1.65. The van der Waals surface area contributed by atoms with Gasteiger partial charge in [0, 0.05) is 28.9 Å². The van der Waals surface area contributed by atoms with Crippen molar-refractivity contribution in [3.05, 3.63) is 29.3 Å². The largest absolute Gasteiger partial charge is 0.303 e. The zero-order valence-corrected chi connectivity index (χ0v) is 16.0. The second-order valence-electron chi connectivity index (χ2n) is 6.32. The minimum atomic E-state index is 0.722. The van der Waals surface area contributed by atoms with Gasteiger partial charge in [0.25, 0.3) is 0 Å². The molecule has 0 amide bonds. The van der Waals surface area contributed by atoms with E-state index in [0.29, 0.717) is 0 Å². The second-order valence-corrected chi connectivity index (χ2v) is 7.82. The van der Waals surface area contributed by atoms with Crippen LogP contribution in [0.25, 0.3) is 11.4 Å². The van der Waals surface area contributed by atoms with Crippen molar-refractivity contribution in [1.82, 2.24) is 19.7 Å². The van der Waals surface area contributed by atoms with Crippen molar-refractivity contribution in [1.29, 1.82) is 0 Å². The fraction of sp³-hybridized carbons (Fsp3) is 0.556. The Morgan fingerprint density at radius 2 is 2.00 bits per heavy atom. The molecule has 1 saturated heterocycles. The van der Waals surface area contributed by atoms with Crippen molar-refractivity contribution in [3.8, 4) is 11.4 Å². The molecule has 1 atom stereocenters. The molecule has 130 valence electrons. The lowest BCUT2D eigenvalue weighted by Crippen LogP contribution is -2.36. The maximum absolute atomic E-state index is 5.98. The van der Waals surface area contributed by atoms with Crippen LogP contribution in [0.5, 0.6) is 0 Å². The summed E-state index contributed by atoms with van der Waals surface area (Å²) in [6.07, 6.45) is 5.25. The third kappa shape index (κ3) is 4.13. The number of nitrogens with zero attached hydrogens (tertiary/aromatic N) is 4. The summed E-state index contributed by atoms with van der Waals surface area (Å²) in [6, 6.07) is 8.53. The summed E-state index contributed by atoms with van der Waals surface area (Å²) in [5, 5.41) is 10.6. The Bertz CT molecular complexity index is 656. The Morgan fingerprint density at radius 1 is 1.21 bits per heavy atom. The van der Waals surface area contributed by atoms with E-state index >= 15 is 0 Å². The average Bonchev–Trinajstić information content (AvgIpc) is 3.00. The molecule has 0 saturated carbocycles. The summed E-state index contributed by atoms with van der Waals surface area (Å²) in [6.45, 7) is 4.25. The molecule has 1 aliphatic heterocycles. The van der Waals surface area contributed by atoms with Gasteiger partial charge in [-0.2, -0.15) is 0 Å². The summed E-state index contributed by atoms with van der Waals surface area (Å²) in [7, 11) is 2.25. The summed E-state index contributed by atoms with van der Waals surface area (Å²) in [5.74, 6) is 2.01. The fourth-order valence-corrected chi connectivity index (χ4v) is 4.46. The van der Waals surface area contributed by atoms with Gasteiger partial charge in [0.15, 0.2) is 11.0 Å².